The molecular formula is C17H20N4O4. The molecule has 2 rings (SSSR count). The molecule has 1 amide bonds. The van der Waals surface area contributed by atoms with Crippen molar-refractivity contribution in [2.45, 2.75) is 39.3 Å². The Morgan fingerprint density at radius 2 is 1.88 bits per heavy atom. The average molecular weight is 344 g/mol. The smallest absolute Gasteiger partial charge is 0.408 e. The van der Waals surface area contributed by atoms with Crippen molar-refractivity contribution in [2.75, 3.05) is 0 Å². The Bertz CT molecular complexity index is 769. The van der Waals surface area contributed by atoms with Gasteiger partial charge in [0.05, 0.1) is 11.0 Å². The molecule has 8 heteroatoms. The van der Waals surface area contributed by atoms with Gasteiger partial charge < -0.3 is 10.1 Å². The molecule has 0 aliphatic heterocycles. The number of benzene rings is 1. The summed E-state index contributed by atoms with van der Waals surface area (Å²) in [5.41, 5.74) is 0.711. The Morgan fingerprint density at radius 1 is 1.24 bits per heavy atom. The van der Waals surface area contributed by atoms with Gasteiger partial charge in [0.1, 0.15) is 11.4 Å². The molecule has 1 unspecified atom stereocenters. The van der Waals surface area contributed by atoms with Crippen LogP contribution in [0.2, 0.25) is 0 Å². The summed E-state index contributed by atoms with van der Waals surface area (Å²) in [5, 5.41) is 13.5. The molecule has 0 saturated carbocycles. The van der Waals surface area contributed by atoms with Crippen LogP contribution in [0.15, 0.2) is 36.7 Å². The van der Waals surface area contributed by atoms with E-state index in [2.05, 4.69) is 15.3 Å². The molecule has 0 aliphatic rings. The third-order valence-electron chi connectivity index (χ3n) is 3.18. The van der Waals surface area contributed by atoms with E-state index >= 15 is 0 Å². The summed E-state index contributed by atoms with van der Waals surface area (Å²) < 4.78 is 5.19. The van der Waals surface area contributed by atoms with Crippen LogP contribution in [0.5, 0.6) is 0 Å². The normalized spacial score (nSPS) is 12.3. The Labute approximate surface area is 145 Å². The summed E-state index contributed by atoms with van der Waals surface area (Å²) in [6.45, 7) is 7.08. The second-order valence-corrected chi connectivity index (χ2v) is 6.51. The van der Waals surface area contributed by atoms with E-state index < -0.39 is 22.7 Å². The lowest BCUT2D eigenvalue weighted by atomic mass is 10.1. The quantitative estimate of drug-likeness (QED) is 0.670. The van der Waals surface area contributed by atoms with E-state index in [1.807, 2.05) is 0 Å². The highest BCUT2D eigenvalue weighted by Crippen LogP contribution is 2.23. The van der Waals surface area contributed by atoms with E-state index in [0.29, 0.717) is 17.0 Å². The fraction of sp³-hybridized carbons (Fsp3) is 0.353. The topological polar surface area (TPSA) is 107 Å². The van der Waals surface area contributed by atoms with Gasteiger partial charge in [-0.1, -0.05) is 12.1 Å². The zero-order valence-corrected chi connectivity index (χ0v) is 14.5. The minimum atomic E-state index is -0.587. The van der Waals surface area contributed by atoms with Crippen molar-refractivity contribution in [2.24, 2.45) is 0 Å². The SMILES string of the molecule is CC(NC(=O)OC(C)(C)C)c1ncc(-c2cccc([N+](=O)[O-])c2)cn1. The van der Waals surface area contributed by atoms with Gasteiger partial charge in [-0.05, 0) is 33.3 Å². The third-order valence-corrected chi connectivity index (χ3v) is 3.18. The number of non-ortho nitro benzene ring substituents is 1. The van der Waals surface area contributed by atoms with E-state index in [0.717, 1.165) is 0 Å². The zero-order chi connectivity index (χ0) is 18.6. The predicted octanol–water partition coefficient (Wildman–Crippen LogP) is 3.64. The molecule has 1 aromatic carbocycles. The molecule has 0 saturated heterocycles. The highest BCUT2D eigenvalue weighted by Gasteiger charge is 2.19. The molecule has 1 atom stereocenters. The van der Waals surface area contributed by atoms with E-state index in [1.165, 1.54) is 12.1 Å². The minimum absolute atomic E-state index is 0.00142. The van der Waals surface area contributed by atoms with Crippen molar-refractivity contribution in [1.29, 1.82) is 0 Å². The number of nitrogens with zero attached hydrogens (tertiary/aromatic N) is 3. The van der Waals surface area contributed by atoms with E-state index in [1.54, 1.807) is 52.2 Å². The summed E-state index contributed by atoms with van der Waals surface area (Å²) in [6, 6.07) is 5.79. The average Bonchev–Trinajstić information content (AvgIpc) is 2.53. The van der Waals surface area contributed by atoms with Crippen LogP contribution in [-0.4, -0.2) is 26.6 Å². The first-order chi connectivity index (χ1) is 11.7. The molecule has 0 fully saturated rings. The molecule has 0 spiro atoms. The van der Waals surface area contributed by atoms with Crippen molar-refractivity contribution in [3.8, 4) is 11.1 Å². The number of hydrogen-bond acceptors (Lipinski definition) is 6. The largest absolute Gasteiger partial charge is 0.444 e. The summed E-state index contributed by atoms with van der Waals surface area (Å²) in [4.78, 5) is 30.6. The molecule has 132 valence electrons. The number of alkyl carbamates (subject to hydrolysis) is 1. The van der Waals surface area contributed by atoms with E-state index in [4.69, 9.17) is 4.74 Å². The van der Waals surface area contributed by atoms with Crippen molar-refractivity contribution in [3.63, 3.8) is 0 Å². The lowest BCUT2D eigenvalue weighted by Crippen LogP contribution is -2.34. The van der Waals surface area contributed by atoms with Crippen LogP contribution in [0.3, 0.4) is 0 Å². The van der Waals surface area contributed by atoms with Gasteiger partial charge in [-0.3, -0.25) is 10.1 Å². The van der Waals surface area contributed by atoms with Crippen LogP contribution in [0.25, 0.3) is 11.1 Å². The Balaban J connectivity index is 2.10. The minimum Gasteiger partial charge on any atom is -0.444 e. The predicted molar refractivity (Wildman–Crippen MR) is 91.9 cm³/mol. The Kier molecular flexibility index (Phi) is 5.31. The molecule has 0 aliphatic carbocycles. The fourth-order valence-corrected chi connectivity index (χ4v) is 2.06. The second-order valence-electron chi connectivity index (χ2n) is 6.51. The first-order valence-corrected chi connectivity index (χ1v) is 7.72. The van der Waals surface area contributed by atoms with Crippen LogP contribution >= 0.6 is 0 Å². The van der Waals surface area contributed by atoms with Gasteiger partial charge in [0.2, 0.25) is 0 Å². The van der Waals surface area contributed by atoms with Crippen molar-refractivity contribution >= 4 is 11.8 Å². The number of carbonyl (C=O) groups is 1. The number of nitro groups is 1. The van der Waals surface area contributed by atoms with Crippen LogP contribution in [-0.2, 0) is 4.74 Å². The number of ether oxygens (including phenoxy) is 1. The zero-order valence-electron chi connectivity index (χ0n) is 14.5. The number of hydrogen-bond donors (Lipinski definition) is 1. The number of carbonyl (C=O) groups excluding carboxylic acids is 1. The first-order valence-electron chi connectivity index (χ1n) is 7.72. The van der Waals surface area contributed by atoms with Crippen LogP contribution in [0.4, 0.5) is 10.5 Å². The number of nitrogens with one attached hydrogen (secondary N) is 1. The molecule has 1 aromatic heterocycles. The number of aromatic nitrogens is 2. The Morgan fingerprint density at radius 3 is 2.44 bits per heavy atom. The van der Waals surface area contributed by atoms with Gasteiger partial charge in [0.15, 0.2) is 0 Å². The molecule has 25 heavy (non-hydrogen) atoms. The Hall–Kier alpha value is -3.03. The first kappa shape index (κ1) is 18.3. The molecule has 0 bridgehead atoms. The van der Waals surface area contributed by atoms with Crippen LogP contribution in [0, 0.1) is 10.1 Å². The lowest BCUT2D eigenvalue weighted by Gasteiger charge is -2.21. The second kappa shape index (κ2) is 7.25. The summed E-state index contributed by atoms with van der Waals surface area (Å²) in [6.07, 6.45) is 2.58. The van der Waals surface area contributed by atoms with E-state index in [9.17, 15) is 14.9 Å². The monoisotopic (exact) mass is 344 g/mol. The third kappa shape index (κ3) is 5.23. The van der Waals surface area contributed by atoms with Gasteiger partial charge in [-0.25, -0.2) is 14.8 Å². The maximum absolute atomic E-state index is 11.8. The highest BCUT2D eigenvalue weighted by molar-refractivity contribution is 5.68. The lowest BCUT2D eigenvalue weighted by molar-refractivity contribution is -0.384. The van der Waals surface area contributed by atoms with E-state index in [-0.39, 0.29) is 5.69 Å². The van der Waals surface area contributed by atoms with Crippen molar-refractivity contribution in [3.05, 3.63) is 52.6 Å². The number of nitro benzene ring substituents is 1. The van der Waals surface area contributed by atoms with Gasteiger partial charge in [-0.2, -0.15) is 0 Å². The summed E-state index contributed by atoms with van der Waals surface area (Å²) in [5.74, 6) is 0.417. The fourth-order valence-electron chi connectivity index (χ4n) is 2.06. The molecule has 1 N–H and O–H groups in total. The molecule has 2 aromatic rings. The maximum Gasteiger partial charge on any atom is 0.408 e. The molecule has 0 radical (unpaired) electrons. The molecule has 1 heterocycles. The maximum atomic E-state index is 11.8. The van der Waals surface area contributed by atoms with Gasteiger partial charge in [-0.15, -0.1) is 0 Å². The highest BCUT2D eigenvalue weighted by atomic mass is 16.6. The van der Waals surface area contributed by atoms with Crippen LogP contribution < -0.4 is 5.32 Å². The number of rotatable bonds is 4. The summed E-state index contributed by atoms with van der Waals surface area (Å²) >= 11 is 0. The number of amides is 1. The van der Waals surface area contributed by atoms with Crippen molar-refractivity contribution < 1.29 is 14.5 Å². The van der Waals surface area contributed by atoms with Gasteiger partial charge in [0.25, 0.3) is 5.69 Å². The molecule has 8 nitrogen and oxygen atoms in total. The van der Waals surface area contributed by atoms with Crippen molar-refractivity contribution in [1.82, 2.24) is 15.3 Å². The summed E-state index contributed by atoms with van der Waals surface area (Å²) in [7, 11) is 0. The van der Waals surface area contributed by atoms with Crippen LogP contribution in [0.1, 0.15) is 39.6 Å². The standard InChI is InChI=1S/C17H20N4O4/c1-11(20-16(22)25-17(2,3)4)15-18-9-13(10-19-15)12-6-5-7-14(8-12)21(23)24/h5-11H,1-4H3,(H,20,22). The van der Waals surface area contributed by atoms with Gasteiger partial charge in [0, 0.05) is 30.1 Å². The molecular weight excluding hydrogens is 324 g/mol. The van der Waals surface area contributed by atoms with Gasteiger partial charge >= 0.3 is 6.09 Å².